The average molecular weight is 554 g/mol. The third-order valence-corrected chi connectivity index (χ3v) is 6.00. The Morgan fingerprint density at radius 3 is 2.37 bits per heavy atom. The first-order valence-corrected chi connectivity index (χ1v) is 12.5. The maximum atomic E-state index is 13.0. The predicted octanol–water partition coefficient (Wildman–Crippen LogP) is 0.711. The molecule has 0 saturated heterocycles. The van der Waals surface area contributed by atoms with Crippen LogP contribution in [-0.4, -0.2) is 47.0 Å². The Bertz CT molecular complexity index is 1280. The number of carbonyl (C=O) groups excluding carboxylic acids is 3. The van der Waals surface area contributed by atoms with E-state index in [1.165, 1.54) is 36.2 Å². The van der Waals surface area contributed by atoms with Crippen molar-refractivity contribution in [3.8, 4) is 11.1 Å². The fourth-order valence-electron chi connectivity index (χ4n) is 3.59. The molecule has 7 nitrogen and oxygen atoms in total. The van der Waals surface area contributed by atoms with Gasteiger partial charge in [0.15, 0.2) is 0 Å². The fourth-order valence-corrected chi connectivity index (χ4v) is 4.06. The number of pyridine rings is 1. The molecule has 0 bridgehead atoms. The van der Waals surface area contributed by atoms with Crippen LogP contribution in [0.1, 0.15) is 32.7 Å². The van der Waals surface area contributed by atoms with Crippen molar-refractivity contribution in [1.29, 1.82) is 0 Å². The molecular formula is C26H23F3N3NaO4S. The van der Waals surface area contributed by atoms with Gasteiger partial charge in [-0.05, 0) is 59.4 Å². The van der Waals surface area contributed by atoms with E-state index in [4.69, 9.17) is 0 Å². The molecule has 0 radical (unpaired) electrons. The Balaban J connectivity index is 0.00000507. The van der Waals surface area contributed by atoms with Crippen molar-refractivity contribution in [2.75, 3.05) is 17.3 Å². The third-order valence-electron chi connectivity index (χ3n) is 5.35. The Kier molecular flexibility index (Phi) is 11.8. The van der Waals surface area contributed by atoms with Gasteiger partial charge >= 0.3 is 35.7 Å². The summed E-state index contributed by atoms with van der Waals surface area (Å²) in [6.45, 7) is 0. The van der Waals surface area contributed by atoms with Gasteiger partial charge in [-0.1, -0.05) is 30.3 Å². The van der Waals surface area contributed by atoms with Crippen LogP contribution >= 0.6 is 11.8 Å². The largest absolute Gasteiger partial charge is 1.00 e. The molecule has 38 heavy (non-hydrogen) atoms. The van der Waals surface area contributed by atoms with Crippen LogP contribution in [0.4, 0.5) is 18.9 Å². The van der Waals surface area contributed by atoms with Crippen LogP contribution in [0.5, 0.6) is 0 Å². The molecule has 0 saturated carbocycles. The Labute approximate surface area is 243 Å². The summed E-state index contributed by atoms with van der Waals surface area (Å²) >= 11 is 1.43. The average Bonchev–Trinajstić information content (AvgIpc) is 2.86. The van der Waals surface area contributed by atoms with E-state index in [9.17, 15) is 32.7 Å². The SMILES string of the molecule is CSCC[C@H](NC(=O)c1ccc(NC(=O)c2cnccc2CC(F)(F)F)cc1-c1ccccc1)C(=O)[O-].[Na+]. The van der Waals surface area contributed by atoms with Crippen LogP contribution in [0.2, 0.25) is 0 Å². The van der Waals surface area contributed by atoms with E-state index < -0.39 is 36.4 Å². The summed E-state index contributed by atoms with van der Waals surface area (Å²) < 4.78 is 38.8. The van der Waals surface area contributed by atoms with Crippen LogP contribution in [0.15, 0.2) is 67.0 Å². The number of benzene rings is 2. The van der Waals surface area contributed by atoms with Crippen molar-refractivity contribution in [2.24, 2.45) is 0 Å². The number of nitrogens with one attached hydrogen (secondary N) is 2. The zero-order valence-electron chi connectivity index (χ0n) is 20.7. The quantitative estimate of drug-likeness (QED) is 0.358. The van der Waals surface area contributed by atoms with E-state index in [-0.39, 0.29) is 58.4 Å². The summed E-state index contributed by atoms with van der Waals surface area (Å²) in [6, 6.07) is 13.0. The number of thioether (sulfide) groups is 1. The van der Waals surface area contributed by atoms with Crippen molar-refractivity contribution in [3.05, 3.63) is 83.7 Å². The summed E-state index contributed by atoms with van der Waals surface area (Å²) in [5.74, 6) is -2.34. The molecule has 2 amide bonds. The first-order chi connectivity index (χ1) is 17.6. The van der Waals surface area contributed by atoms with Crippen molar-refractivity contribution in [3.63, 3.8) is 0 Å². The van der Waals surface area contributed by atoms with Crippen LogP contribution in [0, 0.1) is 0 Å². The minimum Gasteiger partial charge on any atom is -0.548 e. The van der Waals surface area contributed by atoms with Gasteiger partial charge in [0.1, 0.15) is 0 Å². The van der Waals surface area contributed by atoms with Gasteiger partial charge < -0.3 is 20.5 Å². The van der Waals surface area contributed by atoms with E-state index in [2.05, 4.69) is 15.6 Å². The number of rotatable bonds is 10. The smallest absolute Gasteiger partial charge is 0.548 e. The minimum atomic E-state index is -4.51. The van der Waals surface area contributed by atoms with Crippen LogP contribution in [0.3, 0.4) is 0 Å². The number of amides is 2. The number of carboxylic acids is 1. The maximum absolute atomic E-state index is 13.0. The maximum Gasteiger partial charge on any atom is 1.00 e. The summed E-state index contributed by atoms with van der Waals surface area (Å²) in [5, 5.41) is 16.5. The standard InChI is InChI=1S/C26H24F3N3O4S.Na/c1-37-12-10-22(25(35)36)32-23(33)19-8-7-18(13-20(19)16-5-3-2-4-6-16)31-24(34)21-15-30-11-9-17(21)14-26(27,28)29;/h2-9,11,13,15,22H,10,12,14H2,1H3,(H,31,34)(H,32,33)(H,35,36);/q;+1/p-1/t22-;/m0./s1. The molecule has 0 spiro atoms. The van der Waals surface area contributed by atoms with Gasteiger partial charge in [-0.3, -0.25) is 14.6 Å². The number of carboxylic acid groups (broad SMARTS) is 1. The molecule has 2 N–H and O–H groups in total. The molecule has 194 valence electrons. The molecule has 0 aliphatic carbocycles. The number of anilines is 1. The van der Waals surface area contributed by atoms with Crippen LogP contribution in [0.25, 0.3) is 11.1 Å². The topological polar surface area (TPSA) is 111 Å². The molecule has 0 fully saturated rings. The summed E-state index contributed by atoms with van der Waals surface area (Å²) in [6.07, 6.45) is -1.57. The van der Waals surface area contributed by atoms with Crippen LogP contribution in [-0.2, 0) is 11.2 Å². The van der Waals surface area contributed by atoms with Gasteiger partial charge in [-0.15, -0.1) is 0 Å². The monoisotopic (exact) mass is 553 g/mol. The van der Waals surface area contributed by atoms with E-state index in [1.54, 1.807) is 30.3 Å². The number of hydrogen-bond donors (Lipinski definition) is 2. The van der Waals surface area contributed by atoms with Gasteiger partial charge in [-0.25, -0.2) is 0 Å². The molecule has 1 heterocycles. The fraction of sp³-hybridized carbons (Fsp3) is 0.231. The summed E-state index contributed by atoms with van der Waals surface area (Å²) in [5.41, 5.74) is 0.919. The van der Waals surface area contributed by atoms with E-state index in [1.807, 2.05) is 6.26 Å². The van der Waals surface area contributed by atoms with E-state index in [0.717, 1.165) is 12.3 Å². The van der Waals surface area contributed by atoms with Gasteiger partial charge in [0.25, 0.3) is 11.8 Å². The molecule has 1 aromatic heterocycles. The molecule has 12 heteroatoms. The normalized spacial score (nSPS) is 11.7. The molecule has 2 aromatic carbocycles. The number of halogens is 3. The van der Waals surface area contributed by atoms with Crippen LogP contribution < -0.4 is 45.3 Å². The molecule has 0 unspecified atom stereocenters. The van der Waals surface area contributed by atoms with E-state index >= 15 is 0 Å². The molecule has 0 aliphatic heterocycles. The van der Waals surface area contributed by atoms with Crippen molar-refractivity contribution < 1.29 is 62.2 Å². The number of aliphatic carboxylic acids is 1. The summed E-state index contributed by atoms with van der Waals surface area (Å²) in [4.78, 5) is 41.1. The van der Waals surface area contributed by atoms with Crippen molar-refractivity contribution in [2.45, 2.75) is 25.1 Å². The molecule has 3 aromatic rings. The second-order valence-electron chi connectivity index (χ2n) is 8.03. The number of aromatic nitrogens is 1. The number of nitrogens with zero attached hydrogens (tertiary/aromatic N) is 1. The Morgan fingerprint density at radius 2 is 1.74 bits per heavy atom. The first kappa shape index (κ1) is 31.4. The Morgan fingerprint density at radius 1 is 1.03 bits per heavy atom. The first-order valence-electron chi connectivity index (χ1n) is 11.1. The van der Waals surface area contributed by atoms with Gasteiger partial charge in [-0.2, -0.15) is 24.9 Å². The second kappa shape index (κ2) is 14.3. The number of carbonyl (C=O) groups is 3. The van der Waals surface area contributed by atoms with Gasteiger partial charge in [0.2, 0.25) is 0 Å². The molecule has 3 rings (SSSR count). The molecular weight excluding hydrogens is 530 g/mol. The van der Waals surface area contributed by atoms with Crippen molar-refractivity contribution in [1.82, 2.24) is 10.3 Å². The third kappa shape index (κ3) is 8.87. The zero-order valence-corrected chi connectivity index (χ0v) is 23.5. The number of hydrogen-bond acceptors (Lipinski definition) is 6. The molecule has 0 aliphatic rings. The predicted molar refractivity (Wildman–Crippen MR) is 133 cm³/mol. The van der Waals surface area contributed by atoms with Gasteiger partial charge in [0, 0.05) is 23.6 Å². The Hall–Kier alpha value is -2.86. The molecule has 1 atom stereocenters. The second-order valence-corrected chi connectivity index (χ2v) is 9.02. The number of alkyl halides is 3. The van der Waals surface area contributed by atoms with E-state index in [0.29, 0.717) is 16.9 Å². The summed E-state index contributed by atoms with van der Waals surface area (Å²) in [7, 11) is 0. The minimum absolute atomic E-state index is 0. The zero-order chi connectivity index (χ0) is 27.0. The van der Waals surface area contributed by atoms with Crippen molar-refractivity contribution >= 4 is 35.2 Å². The van der Waals surface area contributed by atoms with Gasteiger partial charge in [0.05, 0.1) is 24.0 Å².